The van der Waals surface area contributed by atoms with Crippen LogP contribution >= 0.6 is 0 Å². The molecule has 1 atom stereocenters. The van der Waals surface area contributed by atoms with Gasteiger partial charge >= 0.3 is 0 Å². The predicted molar refractivity (Wildman–Crippen MR) is 72.0 cm³/mol. The van der Waals surface area contributed by atoms with E-state index < -0.39 is 5.60 Å². The number of nitrogens with two attached hydrogens (primary N) is 1. The van der Waals surface area contributed by atoms with E-state index in [1.54, 1.807) is 6.92 Å². The molecule has 0 heterocycles. The molecule has 0 aliphatic carbocycles. The van der Waals surface area contributed by atoms with E-state index in [1.165, 1.54) is 0 Å². The highest BCUT2D eigenvalue weighted by atomic mass is 16.5. The van der Waals surface area contributed by atoms with Gasteiger partial charge in [-0.15, -0.1) is 0 Å². The van der Waals surface area contributed by atoms with Crippen LogP contribution in [0.2, 0.25) is 0 Å². The van der Waals surface area contributed by atoms with Crippen molar-refractivity contribution in [2.45, 2.75) is 32.3 Å². The molecule has 102 valence electrons. The average Bonchev–Trinajstić information content (AvgIpc) is 2.36. The van der Waals surface area contributed by atoms with Gasteiger partial charge in [0, 0.05) is 12.6 Å². The summed E-state index contributed by atoms with van der Waals surface area (Å²) >= 11 is 0. The number of aliphatic hydroxyl groups is 1. The number of benzene rings is 1. The van der Waals surface area contributed by atoms with Crippen LogP contribution < -0.4 is 15.2 Å². The highest BCUT2D eigenvalue weighted by Gasteiger charge is 2.16. The maximum atomic E-state index is 9.73. The lowest BCUT2D eigenvalue weighted by Crippen LogP contribution is -2.34. The molecule has 0 saturated heterocycles. The van der Waals surface area contributed by atoms with Gasteiger partial charge in [0.25, 0.3) is 0 Å². The quantitative estimate of drug-likeness (QED) is 0.695. The third kappa shape index (κ3) is 5.38. The second-order valence-corrected chi connectivity index (χ2v) is 4.56. The van der Waals surface area contributed by atoms with Crippen LogP contribution in [0.4, 0.5) is 0 Å². The first-order chi connectivity index (χ1) is 8.57. The van der Waals surface area contributed by atoms with E-state index in [4.69, 9.17) is 15.2 Å². The Kier molecular flexibility index (Phi) is 5.95. The first-order valence-corrected chi connectivity index (χ1v) is 6.35. The lowest BCUT2D eigenvalue weighted by molar-refractivity contribution is 0.0536. The highest BCUT2D eigenvalue weighted by Crippen LogP contribution is 2.20. The van der Waals surface area contributed by atoms with E-state index in [1.807, 2.05) is 31.2 Å². The zero-order valence-electron chi connectivity index (χ0n) is 11.2. The lowest BCUT2D eigenvalue weighted by atomic mass is 10.0. The molecule has 0 aliphatic rings. The van der Waals surface area contributed by atoms with Crippen molar-refractivity contribution < 1.29 is 14.6 Å². The molecule has 18 heavy (non-hydrogen) atoms. The molecule has 1 unspecified atom stereocenters. The summed E-state index contributed by atoms with van der Waals surface area (Å²) in [7, 11) is 0. The molecule has 3 N–H and O–H groups in total. The smallest absolute Gasteiger partial charge is 0.122 e. The van der Waals surface area contributed by atoms with Gasteiger partial charge in [0.15, 0.2) is 0 Å². The summed E-state index contributed by atoms with van der Waals surface area (Å²) in [4.78, 5) is 0. The van der Waals surface area contributed by atoms with Crippen molar-refractivity contribution >= 4 is 0 Å². The zero-order valence-corrected chi connectivity index (χ0v) is 11.2. The Morgan fingerprint density at radius 1 is 1.28 bits per heavy atom. The van der Waals surface area contributed by atoms with E-state index in [0.717, 1.165) is 17.9 Å². The standard InChI is InChI=1S/C14H23NO3/c1-3-17-12-6-4-7-13(10-12)18-9-5-8-14(2,16)11-15/h4,6-7,10,16H,3,5,8-9,11,15H2,1-2H3. The maximum Gasteiger partial charge on any atom is 0.122 e. The second kappa shape index (κ2) is 7.24. The van der Waals surface area contributed by atoms with E-state index >= 15 is 0 Å². The van der Waals surface area contributed by atoms with Crippen molar-refractivity contribution in [1.82, 2.24) is 0 Å². The molecule has 4 heteroatoms. The molecule has 0 spiro atoms. The molecular weight excluding hydrogens is 230 g/mol. The molecule has 0 aliphatic heterocycles. The summed E-state index contributed by atoms with van der Waals surface area (Å²) in [6.07, 6.45) is 1.40. The highest BCUT2D eigenvalue weighted by molar-refractivity contribution is 5.32. The van der Waals surface area contributed by atoms with Gasteiger partial charge in [-0.2, -0.15) is 0 Å². The normalized spacial score (nSPS) is 14.0. The maximum absolute atomic E-state index is 9.73. The third-order valence-corrected chi connectivity index (χ3v) is 2.68. The Morgan fingerprint density at radius 3 is 2.56 bits per heavy atom. The minimum absolute atomic E-state index is 0.271. The fourth-order valence-electron chi connectivity index (χ4n) is 1.57. The molecule has 0 fully saturated rings. The van der Waals surface area contributed by atoms with Gasteiger partial charge in [0.1, 0.15) is 11.5 Å². The fourth-order valence-corrected chi connectivity index (χ4v) is 1.57. The minimum atomic E-state index is -0.795. The minimum Gasteiger partial charge on any atom is -0.494 e. The predicted octanol–water partition coefficient (Wildman–Crippen LogP) is 1.95. The van der Waals surface area contributed by atoms with E-state index in [9.17, 15) is 5.11 Å². The van der Waals surface area contributed by atoms with Crippen LogP contribution in [0.25, 0.3) is 0 Å². The molecule has 1 rings (SSSR count). The van der Waals surface area contributed by atoms with Gasteiger partial charge in [0.05, 0.1) is 18.8 Å². The Balaban J connectivity index is 2.33. The van der Waals surface area contributed by atoms with Crippen LogP contribution in [-0.2, 0) is 0 Å². The monoisotopic (exact) mass is 253 g/mol. The van der Waals surface area contributed by atoms with Gasteiger partial charge in [-0.1, -0.05) is 6.07 Å². The van der Waals surface area contributed by atoms with Gasteiger partial charge in [-0.25, -0.2) is 0 Å². The van der Waals surface area contributed by atoms with Crippen molar-refractivity contribution in [2.75, 3.05) is 19.8 Å². The van der Waals surface area contributed by atoms with Crippen molar-refractivity contribution in [1.29, 1.82) is 0 Å². The largest absolute Gasteiger partial charge is 0.494 e. The zero-order chi connectivity index (χ0) is 13.4. The summed E-state index contributed by atoms with van der Waals surface area (Å²) in [5.74, 6) is 1.59. The fraction of sp³-hybridized carbons (Fsp3) is 0.571. The van der Waals surface area contributed by atoms with Crippen LogP contribution in [0, 0.1) is 0 Å². The Morgan fingerprint density at radius 2 is 1.94 bits per heavy atom. The Bertz CT molecular complexity index is 353. The lowest BCUT2D eigenvalue weighted by Gasteiger charge is -2.20. The second-order valence-electron chi connectivity index (χ2n) is 4.56. The number of hydrogen-bond acceptors (Lipinski definition) is 4. The van der Waals surface area contributed by atoms with Crippen LogP contribution in [0.3, 0.4) is 0 Å². The van der Waals surface area contributed by atoms with Crippen molar-refractivity contribution in [3.8, 4) is 11.5 Å². The molecule has 0 radical (unpaired) electrons. The number of hydrogen-bond donors (Lipinski definition) is 2. The molecule has 1 aromatic carbocycles. The van der Waals surface area contributed by atoms with E-state index in [2.05, 4.69) is 0 Å². The molecule has 0 aromatic heterocycles. The van der Waals surface area contributed by atoms with Crippen LogP contribution in [0.5, 0.6) is 11.5 Å². The SMILES string of the molecule is CCOc1cccc(OCCCC(C)(O)CN)c1. The van der Waals surface area contributed by atoms with Crippen molar-refractivity contribution in [3.05, 3.63) is 24.3 Å². The Hall–Kier alpha value is -1.26. The molecule has 0 amide bonds. The summed E-state index contributed by atoms with van der Waals surface area (Å²) in [6.45, 7) is 5.16. The van der Waals surface area contributed by atoms with Gasteiger partial charge in [-0.3, -0.25) is 0 Å². The first kappa shape index (κ1) is 14.8. The topological polar surface area (TPSA) is 64.7 Å². The number of ether oxygens (including phenoxy) is 2. The summed E-state index contributed by atoms with van der Waals surface area (Å²) in [5.41, 5.74) is 4.65. The number of rotatable bonds is 8. The van der Waals surface area contributed by atoms with Crippen LogP contribution in [0.1, 0.15) is 26.7 Å². The molecule has 0 bridgehead atoms. The van der Waals surface area contributed by atoms with Gasteiger partial charge in [-0.05, 0) is 38.8 Å². The van der Waals surface area contributed by atoms with E-state index in [-0.39, 0.29) is 6.54 Å². The summed E-state index contributed by atoms with van der Waals surface area (Å²) < 4.78 is 11.0. The summed E-state index contributed by atoms with van der Waals surface area (Å²) in [6, 6.07) is 7.56. The Labute approximate surface area is 109 Å². The van der Waals surface area contributed by atoms with E-state index in [0.29, 0.717) is 19.6 Å². The first-order valence-electron chi connectivity index (χ1n) is 6.35. The van der Waals surface area contributed by atoms with Gasteiger partial charge < -0.3 is 20.3 Å². The third-order valence-electron chi connectivity index (χ3n) is 2.68. The summed E-state index contributed by atoms with van der Waals surface area (Å²) in [5, 5.41) is 9.73. The average molecular weight is 253 g/mol. The molecule has 1 aromatic rings. The van der Waals surface area contributed by atoms with Crippen molar-refractivity contribution in [2.24, 2.45) is 5.73 Å². The molecular formula is C14H23NO3. The molecule has 4 nitrogen and oxygen atoms in total. The molecule has 0 saturated carbocycles. The van der Waals surface area contributed by atoms with Crippen LogP contribution in [0.15, 0.2) is 24.3 Å². The van der Waals surface area contributed by atoms with Gasteiger partial charge in [0.2, 0.25) is 0 Å². The van der Waals surface area contributed by atoms with Crippen molar-refractivity contribution in [3.63, 3.8) is 0 Å². The van der Waals surface area contributed by atoms with Crippen LogP contribution in [-0.4, -0.2) is 30.5 Å².